The zero-order chi connectivity index (χ0) is 17.6. The maximum absolute atomic E-state index is 13.0. The van der Waals surface area contributed by atoms with Crippen LogP contribution in [0.3, 0.4) is 0 Å². The van der Waals surface area contributed by atoms with E-state index in [0.29, 0.717) is 12.5 Å². The average molecular weight is 336 g/mol. The SMILES string of the molecule is C[C@H](NC(=O)[C@H]1CCCCC1c1ccc(CN)cc1)c1ccccc1. The lowest BCUT2D eigenvalue weighted by Gasteiger charge is -2.32. The average Bonchev–Trinajstić information content (AvgIpc) is 2.68. The zero-order valence-electron chi connectivity index (χ0n) is 14.9. The largest absolute Gasteiger partial charge is 0.349 e. The molecule has 3 nitrogen and oxygen atoms in total. The number of hydrogen-bond donors (Lipinski definition) is 2. The van der Waals surface area contributed by atoms with E-state index in [1.54, 1.807) is 0 Å². The highest BCUT2D eigenvalue weighted by molar-refractivity contribution is 5.80. The summed E-state index contributed by atoms with van der Waals surface area (Å²) < 4.78 is 0. The van der Waals surface area contributed by atoms with E-state index in [1.165, 1.54) is 12.0 Å². The van der Waals surface area contributed by atoms with Crippen molar-refractivity contribution in [2.45, 2.75) is 51.1 Å². The molecule has 1 aliphatic rings. The van der Waals surface area contributed by atoms with Gasteiger partial charge in [-0.3, -0.25) is 4.79 Å². The monoisotopic (exact) mass is 336 g/mol. The number of hydrogen-bond acceptors (Lipinski definition) is 2. The maximum atomic E-state index is 13.0. The standard InChI is InChI=1S/C22H28N2O/c1-16(18-7-3-2-4-8-18)24-22(25)21-10-6-5-9-20(21)19-13-11-17(15-23)12-14-19/h2-4,7-8,11-14,16,20-21H,5-6,9-10,15,23H2,1H3,(H,24,25)/t16-,20?,21-/m0/s1. The predicted octanol–water partition coefficient (Wildman–Crippen LogP) is 4.30. The first-order chi connectivity index (χ1) is 12.2. The Morgan fingerprint density at radius 2 is 1.76 bits per heavy atom. The smallest absolute Gasteiger partial charge is 0.224 e. The van der Waals surface area contributed by atoms with Gasteiger partial charge in [-0.05, 0) is 42.4 Å². The third-order valence-corrected chi connectivity index (χ3v) is 5.40. The molecule has 3 heteroatoms. The predicted molar refractivity (Wildman–Crippen MR) is 102 cm³/mol. The highest BCUT2D eigenvalue weighted by Gasteiger charge is 2.32. The summed E-state index contributed by atoms with van der Waals surface area (Å²) in [6.07, 6.45) is 4.38. The first-order valence-corrected chi connectivity index (χ1v) is 9.33. The van der Waals surface area contributed by atoms with Gasteiger partial charge in [-0.25, -0.2) is 0 Å². The molecule has 2 aromatic carbocycles. The quantitative estimate of drug-likeness (QED) is 0.855. The summed E-state index contributed by atoms with van der Waals surface area (Å²) in [6.45, 7) is 2.62. The van der Waals surface area contributed by atoms with E-state index in [-0.39, 0.29) is 17.9 Å². The zero-order valence-corrected chi connectivity index (χ0v) is 14.9. The van der Waals surface area contributed by atoms with Crippen LogP contribution in [0.15, 0.2) is 54.6 Å². The van der Waals surface area contributed by atoms with Gasteiger partial charge in [-0.1, -0.05) is 67.4 Å². The Morgan fingerprint density at radius 3 is 2.44 bits per heavy atom. The van der Waals surface area contributed by atoms with Crippen LogP contribution in [0, 0.1) is 5.92 Å². The van der Waals surface area contributed by atoms with E-state index >= 15 is 0 Å². The van der Waals surface area contributed by atoms with Crippen molar-refractivity contribution in [2.24, 2.45) is 11.7 Å². The molecule has 132 valence electrons. The molecule has 1 saturated carbocycles. The summed E-state index contributed by atoms with van der Waals surface area (Å²) in [5, 5.41) is 3.23. The van der Waals surface area contributed by atoms with Gasteiger partial charge in [0.05, 0.1) is 6.04 Å². The third kappa shape index (κ3) is 4.29. The van der Waals surface area contributed by atoms with Crippen LogP contribution >= 0.6 is 0 Å². The molecule has 2 aromatic rings. The summed E-state index contributed by atoms with van der Waals surface area (Å²) in [4.78, 5) is 13.0. The molecular weight excluding hydrogens is 308 g/mol. The van der Waals surface area contributed by atoms with E-state index in [9.17, 15) is 4.79 Å². The molecule has 1 amide bonds. The van der Waals surface area contributed by atoms with Crippen LogP contribution in [0.2, 0.25) is 0 Å². The Balaban J connectivity index is 1.72. The fraction of sp³-hybridized carbons (Fsp3) is 0.409. The van der Waals surface area contributed by atoms with Gasteiger partial charge in [0.2, 0.25) is 5.91 Å². The molecule has 0 heterocycles. The lowest BCUT2D eigenvalue weighted by Crippen LogP contribution is -2.37. The highest BCUT2D eigenvalue weighted by atomic mass is 16.1. The second-order valence-corrected chi connectivity index (χ2v) is 7.08. The lowest BCUT2D eigenvalue weighted by atomic mass is 9.75. The minimum Gasteiger partial charge on any atom is -0.349 e. The Hall–Kier alpha value is -2.13. The summed E-state index contributed by atoms with van der Waals surface area (Å²) in [5.74, 6) is 0.552. The number of rotatable bonds is 5. The fourth-order valence-corrected chi connectivity index (χ4v) is 3.89. The molecule has 0 radical (unpaired) electrons. The van der Waals surface area contributed by atoms with Crippen LogP contribution in [-0.2, 0) is 11.3 Å². The van der Waals surface area contributed by atoms with Crippen LogP contribution in [0.1, 0.15) is 61.3 Å². The third-order valence-electron chi connectivity index (χ3n) is 5.40. The first-order valence-electron chi connectivity index (χ1n) is 9.33. The molecule has 1 unspecified atom stereocenters. The molecule has 1 aliphatic carbocycles. The molecule has 1 fully saturated rings. The minimum atomic E-state index is 0.0379. The van der Waals surface area contributed by atoms with Crippen molar-refractivity contribution < 1.29 is 4.79 Å². The molecule has 3 N–H and O–H groups in total. The van der Waals surface area contributed by atoms with Gasteiger partial charge in [0.15, 0.2) is 0 Å². The second-order valence-electron chi connectivity index (χ2n) is 7.08. The summed E-state index contributed by atoms with van der Waals surface area (Å²) in [7, 11) is 0. The van der Waals surface area contributed by atoms with Crippen molar-refractivity contribution >= 4 is 5.91 Å². The maximum Gasteiger partial charge on any atom is 0.224 e. The topological polar surface area (TPSA) is 55.1 Å². The van der Waals surface area contributed by atoms with Gasteiger partial charge in [0, 0.05) is 12.5 Å². The van der Waals surface area contributed by atoms with Gasteiger partial charge in [-0.2, -0.15) is 0 Å². The normalized spacial score (nSPS) is 21.5. The molecule has 3 atom stereocenters. The van der Waals surface area contributed by atoms with E-state index in [2.05, 4.69) is 48.6 Å². The number of nitrogens with two attached hydrogens (primary N) is 1. The molecule has 25 heavy (non-hydrogen) atoms. The molecule has 0 spiro atoms. The van der Waals surface area contributed by atoms with E-state index in [1.807, 2.05) is 18.2 Å². The number of amides is 1. The van der Waals surface area contributed by atoms with Crippen molar-refractivity contribution in [3.05, 3.63) is 71.3 Å². The molecule has 3 rings (SSSR count). The van der Waals surface area contributed by atoms with Crippen LogP contribution in [-0.4, -0.2) is 5.91 Å². The van der Waals surface area contributed by atoms with Gasteiger partial charge in [-0.15, -0.1) is 0 Å². The molecule has 0 saturated heterocycles. The Bertz CT molecular complexity index is 681. The number of carbonyl (C=O) groups excluding carboxylic acids is 1. The van der Waals surface area contributed by atoms with Gasteiger partial charge >= 0.3 is 0 Å². The van der Waals surface area contributed by atoms with Gasteiger partial charge in [0.25, 0.3) is 0 Å². The van der Waals surface area contributed by atoms with Gasteiger partial charge in [0.1, 0.15) is 0 Å². The molecule has 0 aromatic heterocycles. The lowest BCUT2D eigenvalue weighted by molar-refractivity contribution is -0.127. The molecular formula is C22H28N2O. The van der Waals surface area contributed by atoms with Gasteiger partial charge < -0.3 is 11.1 Å². The number of benzene rings is 2. The van der Waals surface area contributed by atoms with Crippen molar-refractivity contribution in [3.63, 3.8) is 0 Å². The van der Waals surface area contributed by atoms with Crippen LogP contribution in [0.4, 0.5) is 0 Å². The van der Waals surface area contributed by atoms with Crippen molar-refractivity contribution in [3.8, 4) is 0 Å². The summed E-state index contributed by atoms with van der Waals surface area (Å²) >= 11 is 0. The molecule has 0 bridgehead atoms. The Kier molecular flexibility index (Phi) is 5.87. The second kappa shape index (κ2) is 8.30. The fourth-order valence-electron chi connectivity index (χ4n) is 3.89. The van der Waals surface area contributed by atoms with E-state index in [0.717, 1.165) is 30.4 Å². The Morgan fingerprint density at radius 1 is 1.08 bits per heavy atom. The van der Waals surface area contributed by atoms with Crippen molar-refractivity contribution in [1.29, 1.82) is 0 Å². The van der Waals surface area contributed by atoms with Crippen molar-refractivity contribution in [1.82, 2.24) is 5.32 Å². The molecule has 0 aliphatic heterocycles. The van der Waals surface area contributed by atoms with Crippen LogP contribution < -0.4 is 11.1 Å². The van der Waals surface area contributed by atoms with Crippen LogP contribution in [0.25, 0.3) is 0 Å². The van der Waals surface area contributed by atoms with Crippen LogP contribution in [0.5, 0.6) is 0 Å². The summed E-state index contributed by atoms with van der Waals surface area (Å²) in [6, 6.07) is 18.7. The highest BCUT2D eigenvalue weighted by Crippen LogP contribution is 2.38. The van der Waals surface area contributed by atoms with E-state index in [4.69, 9.17) is 5.73 Å². The van der Waals surface area contributed by atoms with E-state index < -0.39 is 0 Å². The number of nitrogens with one attached hydrogen (secondary N) is 1. The first kappa shape index (κ1) is 17.7. The minimum absolute atomic E-state index is 0.0379. The Labute approximate surface area is 150 Å². The van der Waals surface area contributed by atoms with Crippen molar-refractivity contribution in [2.75, 3.05) is 0 Å². The summed E-state index contributed by atoms with van der Waals surface area (Å²) in [5.41, 5.74) is 9.25. The number of carbonyl (C=O) groups is 1.